The molecule has 5 unspecified atom stereocenters. The van der Waals surface area contributed by atoms with Crippen molar-refractivity contribution in [2.45, 2.75) is 354 Å². The van der Waals surface area contributed by atoms with E-state index in [9.17, 15) is 43.2 Å². The second-order valence-electron chi connectivity index (χ2n) is 25.6. The van der Waals surface area contributed by atoms with Crippen molar-refractivity contribution < 1.29 is 80.2 Å². The fourth-order valence-electron chi connectivity index (χ4n) is 10.3. The Morgan fingerprint density at radius 2 is 0.542 bits per heavy atom. The van der Waals surface area contributed by atoms with Crippen LogP contribution in [0.5, 0.6) is 0 Å². The van der Waals surface area contributed by atoms with E-state index in [1.807, 2.05) is 0 Å². The number of unbranched alkanes of at least 4 members (excludes halogenated alkanes) is 34. The van der Waals surface area contributed by atoms with Crippen molar-refractivity contribution in [2.24, 2.45) is 0 Å². The molecule has 0 aromatic heterocycles. The van der Waals surface area contributed by atoms with Gasteiger partial charge >= 0.3 is 39.5 Å². The highest BCUT2D eigenvalue weighted by molar-refractivity contribution is 7.47. The molecule has 0 aromatic carbocycles. The Balaban J connectivity index is 5.32. The van der Waals surface area contributed by atoms with E-state index in [2.05, 4.69) is 101 Å². The van der Waals surface area contributed by atoms with Gasteiger partial charge in [-0.05, 0) is 116 Å². The first-order valence-electron chi connectivity index (χ1n) is 38.2. The average Bonchev–Trinajstić information content (AvgIpc) is 2.18. The van der Waals surface area contributed by atoms with Gasteiger partial charge in [-0.3, -0.25) is 37.3 Å². The van der Waals surface area contributed by atoms with Gasteiger partial charge in [0.2, 0.25) is 0 Å². The summed E-state index contributed by atoms with van der Waals surface area (Å²) in [5, 5.41) is 10.6. The van der Waals surface area contributed by atoms with Crippen molar-refractivity contribution in [2.75, 3.05) is 39.6 Å². The number of rotatable bonds is 72. The summed E-state index contributed by atoms with van der Waals surface area (Å²) in [5.41, 5.74) is 0. The molecule has 0 aliphatic carbocycles. The van der Waals surface area contributed by atoms with Crippen LogP contribution in [0.1, 0.15) is 336 Å². The van der Waals surface area contributed by atoms with Crippen LogP contribution in [0.4, 0.5) is 0 Å². The van der Waals surface area contributed by atoms with Crippen LogP contribution in [0.15, 0.2) is 72.9 Å². The minimum absolute atomic E-state index is 0.0789. The molecule has 0 bridgehead atoms. The summed E-state index contributed by atoms with van der Waals surface area (Å²) in [6.45, 7) is 4.72. The van der Waals surface area contributed by atoms with Crippen LogP contribution in [0.3, 0.4) is 0 Å². The molecular weight excluding hydrogens is 1260 g/mol. The summed E-state index contributed by atoms with van der Waals surface area (Å²) < 4.78 is 68.4. The van der Waals surface area contributed by atoms with Crippen molar-refractivity contribution in [1.29, 1.82) is 0 Å². The Morgan fingerprint density at radius 1 is 0.302 bits per heavy atom. The molecule has 0 fully saturated rings. The van der Waals surface area contributed by atoms with Gasteiger partial charge in [0.1, 0.15) is 19.3 Å². The number of aliphatic hydroxyl groups is 1. The number of aliphatic hydroxyl groups excluding tert-OH is 1. The zero-order chi connectivity index (χ0) is 70.4. The quantitative estimate of drug-likeness (QED) is 0.0169. The molecule has 5 atom stereocenters. The number of hydrogen-bond acceptors (Lipinski definition) is 15. The number of phosphoric ester groups is 2. The van der Waals surface area contributed by atoms with Crippen LogP contribution in [-0.2, 0) is 65.4 Å². The zero-order valence-corrected chi connectivity index (χ0v) is 62.6. The Hall–Kier alpha value is -3.50. The number of esters is 4. The lowest BCUT2D eigenvalue weighted by Gasteiger charge is -2.21. The number of carbonyl (C=O) groups is 4. The third-order valence-corrected chi connectivity index (χ3v) is 18.1. The molecule has 0 rings (SSSR count). The van der Waals surface area contributed by atoms with E-state index in [4.69, 9.17) is 37.0 Å². The molecule has 96 heavy (non-hydrogen) atoms. The van der Waals surface area contributed by atoms with Crippen molar-refractivity contribution in [3.05, 3.63) is 72.9 Å². The minimum Gasteiger partial charge on any atom is -0.462 e. The summed E-state index contributed by atoms with van der Waals surface area (Å²) in [7, 11) is -9.94. The van der Waals surface area contributed by atoms with Gasteiger partial charge in [0, 0.05) is 25.7 Å². The fraction of sp³-hybridized carbons (Fsp3) is 0.792. The Bertz CT molecular complexity index is 2110. The van der Waals surface area contributed by atoms with Gasteiger partial charge in [-0.15, -0.1) is 0 Å². The van der Waals surface area contributed by atoms with Gasteiger partial charge in [-0.2, -0.15) is 0 Å². The first-order valence-corrected chi connectivity index (χ1v) is 41.2. The van der Waals surface area contributed by atoms with Crippen LogP contribution < -0.4 is 0 Å². The van der Waals surface area contributed by atoms with Gasteiger partial charge in [0.15, 0.2) is 12.2 Å². The van der Waals surface area contributed by atoms with Crippen LogP contribution in [-0.4, -0.2) is 96.7 Å². The molecule has 0 saturated carbocycles. The van der Waals surface area contributed by atoms with E-state index >= 15 is 0 Å². The molecule has 0 amide bonds. The SMILES string of the molecule is CC/C=C\C/C=C\C/C=C\CCCCCCCCCC(=O)OCC(COP(=O)(O)OCC(O)COP(=O)(O)OCC(COC(=O)CCCCCCC/C=C\CCCCCC)OC(=O)CCCCCCCCCCCCC)OC(=O)CCCCCCC/C=C\C/C=C\CCCCC. The maximum atomic E-state index is 13.1. The van der Waals surface area contributed by atoms with Crippen LogP contribution >= 0.6 is 15.6 Å². The molecule has 0 aromatic rings. The highest BCUT2D eigenvalue weighted by atomic mass is 31.2. The maximum absolute atomic E-state index is 13.1. The molecule has 0 aliphatic rings. The molecule has 0 spiro atoms. The molecule has 19 heteroatoms. The lowest BCUT2D eigenvalue weighted by atomic mass is 10.1. The molecule has 17 nitrogen and oxygen atoms in total. The van der Waals surface area contributed by atoms with E-state index in [1.54, 1.807) is 0 Å². The van der Waals surface area contributed by atoms with Crippen LogP contribution in [0.25, 0.3) is 0 Å². The lowest BCUT2D eigenvalue weighted by Crippen LogP contribution is -2.30. The monoisotopic (exact) mass is 1400 g/mol. The molecule has 558 valence electrons. The Labute approximate surface area is 583 Å². The predicted molar refractivity (Wildman–Crippen MR) is 390 cm³/mol. The molecular formula is C77H138O17P2. The van der Waals surface area contributed by atoms with Gasteiger partial charge < -0.3 is 33.8 Å². The summed E-state index contributed by atoms with van der Waals surface area (Å²) in [6.07, 6.45) is 68.9. The Morgan fingerprint density at radius 3 is 0.875 bits per heavy atom. The smallest absolute Gasteiger partial charge is 0.462 e. The van der Waals surface area contributed by atoms with Gasteiger partial charge in [-0.25, -0.2) is 9.13 Å². The van der Waals surface area contributed by atoms with E-state index < -0.39 is 97.5 Å². The highest BCUT2D eigenvalue weighted by Gasteiger charge is 2.30. The first kappa shape index (κ1) is 92.5. The van der Waals surface area contributed by atoms with Crippen LogP contribution in [0.2, 0.25) is 0 Å². The summed E-state index contributed by atoms with van der Waals surface area (Å²) in [4.78, 5) is 72.8. The molecule has 0 radical (unpaired) electrons. The topological polar surface area (TPSA) is 237 Å². The average molecular weight is 1400 g/mol. The summed E-state index contributed by atoms with van der Waals surface area (Å²) in [6, 6.07) is 0. The van der Waals surface area contributed by atoms with Gasteiger partial charge in [0.05, 0.1) is 26.4 Å². The predicted octanol–water partition coefficient (Wildman–Crippen LogP) is 21.7. The Kier molecular flexibility index (Phi) is 67.4. The molecule has 0 heterocycles. The minimum atomic E-state index is -4.97. The number of carbonyl (C=O) groups excluding carboxylic acids is 4. The van der Waals surface area contributed by atoms with E-state index in [0.717, 1.165) is 173 Å². The third kappa shape index (κ3) is 69.0. The first-order chi connectivity index (χ1) is 46.7. The lowest BCUT2D eigenvalue weighted by molar-refractivity contribution is -0.161. The second-order valence-corrected chi connectivity index (χ2v) is 28.5. The van der Waals surface area contributed by atoms with E-state index in [0.29, 0.717) is 25.7 Å². The largest absolute Gasteiger partial charge is 0.472 e. The maximum Gasteiger partial charge on any atom is 0.472 e. The second kappa shape index (κ2) is 70.0. The third-order valence-electron chi connectivity index (χ3n) is 16.2. The van der Waals surface area contributed by atoms with E-state index in [-0.39, 0.29) is 25.7 Å². The van der Waals surface area contributed by atoms with E-state index in [1.165, 1.54) is 83.5 Å². The normalized spacial score (nSPS) is 14.4. The molecule has 0 aliphatic heterocycles. The number of ether oxygens (including phenoxy) is 4. The van der Waals surface area contributed by atoms with Crippen molar-refractivity contribution in [1.82, 2.24) is 0 Å². The summed E-state index contributed by atoms with van der Waals surface area (Å²) >= 11 is 0. The number of phosphoric acid groups is 2. The van der Waals surface area contributed by atoms with Crippen molar-refractivity contribution in [3.8, 4) is 0 Å². The number of allylic oxidation sites excluding steroid dienone is 12. The number of hydrogen-bond donors (Lipinski definition) is 3. The van der Waals surface area contributed by atoms with Gasteiger partial charge in [-0.1, -0.05) is 268 Å². The molecule has 0 saturated heterocycles. The van der Waals surface area contributed by atoms with Crippen molar-refractivity contribution in [3.63, 3.8) is 0 Å². The fourth-order valence-corrected chi connectivity index (χ4v) is 11.9. The van der Waals surface area contributed by atoms with Crippen LogP contribution in [0, 0.1) is 0 Å². The standard InChI is InChI=1S/C77H138O17P2/c1-5-9-13-17-21-25-29-32-34-35-37-39-43-46-50-54-58-62-75(80)88-68-73(94-77(82)64-60-56-52-48-44-40-36-33-30-26-22-18-14-10-6-2)70-92-96(85,86)90-66-71(78)65-89-95(83,84)91-69-72(93-76(81)63-59-55-51-47-41-28-24-20-16-12-8-4)67-87-74(79)61-57-53-49-45-42-38-31-27-23-19-15-11-7-3/h9,13,21-22,25-27,31-34,36,71-73,78H,5-8,10-12,14-20,23-24,28-30,35,37-70H2,1-4H3,(H,83,84)(H,85,86)/b13-9-,25-21-,26-22-,31-27-,34-32-,36-33-. The highest BCUT2D eigenvalue weighted by Crippen LogP contribution is 2.45. The zero-order valence-electron chi connectivity index (χ0n) is 60.8. The van der Waals surface area contributed by atoms with Crippen molar-refractivity contribution >= 4 is 39.5 Å². The summed E-state index contributed by atoms with van der Waals surface area (Å²) in [5.74, 6) is -2.19. The molecule has 3 N–H and O–H groups in total. The van der Waals surface area contributed by atoms with Gasteiger partial charge in [0.25, 0.3) is 0 Å².